The van der Waals surface area contributed by atoms with Crippen molar-refractivity contribution >= 4 is 29.3 Å². The lowest BCUT2D eigenvalue weighted by atomic mass is 10.0. The van der Waals surface area contributed by atoms with Gasteiger partial charge in [-0.15, -0.1) is 11.8 Å². The van der Waals surface area contributed by atoms with E-state index in [0.29, 0.717) is 29.3 Å². The Morgan fingerprint density at radius 1 is 1.22 bits per heavy atom. The minimum absolute atomic E-state index is 0.0326. The first-order chi connectivity index (χ1) is 13.0. The van der Waals surface area contributed by atoms with Crippen molar-refractivity contribution in [3.05, 3.63) is 59.7 Å². The molecular formula is C19H18F2N2O3S. The lowest BCUT2D eigenvalue weighted by molar-refractivity contribution is -0.130. The van der Waals surface area contributed by atoms with Crippen molar-refractivity contribution in [3.63, 3.8) is 0 Å². The summed E-state index contributed by atoms with van der Waals surface area (Å²) in [4.78, 5) is 25.3. The summed E-state index contributed by atoms with van der Waals surface area (Å²) in [5.41, 5.74) is 1.93. The maximum Gasteiger partial charge on any atom is 0.387 e. The summed E-state index contributed by atoms with van der Waals surface area (Å²) in [5.74, 6) is 0.540. The summed E-state index contributed by atoms with van der Waals surface area (Å²) in [6, 6.07) is 13.9. The van der Waals surface area contributed by atoms with Gasteiger partial charge in [-0.2, -0.15) is 8.78 Å². The molecule has 1 N–H and O–H groups in total. The molecule has 1 saturated heterocycles. The molecule has 2 amide bonds. The second kappa shape index (κ2) is 8.85. The predicted molar refractivity (Wildman–Crippen MR) is 100.0 cm³/mol. The van der Waals surface area contributed by atoms with Crippen LogP contribution >= 0.6 is 11.8 Å². The molecule has 2 aromatic carbocycles. The molecule has 0 aromatic heterocycles. The fraction of sp³-hybridized carbons (Fsp3) is 0.263. The molecule has 1 aliphatic rings. The highest BCUT2D eigenvalue weighted by Crippen LogP contribution is 2.27. The Morgan fingerprint density at radius 3 is 2.67 bits per heavy atom. The van der Waals surface area contributed by atoms with Gasteiger partial charge in [-0.05, 0) is 23.8 Å². The van der Waals surface area contributed by atoms with Gasteiger partial charge in [0.1, 0.15) is 12.3 Å². The lowest BCUT2D eigenvalue weighted by Gasteiger charge is -2.16. The number of rotatable bonds is 7. The Kier molecular flexibility index (Phi) is 6.28. The van der Waals surface area contributed by atoms with Crippen molar-refractivity contribution in [1.29, 1.82) is 0 Å². The summed E-state index contributed by atoms with van der Waals surface area (Å²) >= 11 is 1.46. The van der Waals surface area contributed by atoms with Gasteiger partial charge in [0.2, 0.25) is 11.8 Å². The van der Waals surface area contributed by atoms with E-state index in [-0.39, 0.29) is 24.1 Å². The van der Waals surface area contributed by atoms with Crippen molar-refractivity contribution in [3.8, 4) is 5.75 Å². The highest BCUT2D eigenvalue weighted by molar-refractivity contribution is 8.00. The van der Waals surface area contributed by atoms with E-state index >= 15 is 0 Å². The van der Waals surface area contributed by atoms with Gasteiger partial charge < -0.3 is 15.0 Å². The first kappa shape index (κ1) is 19.2. The Hall–Kier alpha value is -2.61. The molecule has 0 unspecified atom stereocenters. The third-order valence-electron chi connectivity index (χ3n) is 3.96. The first-order valence-electron chi connectivity index (χ1n) is 8.28. The zero-order valence-electron chi connectivity index (χ0n) is 14.4. The maximum absolute atomic E-state index is 12.7. The average Bonchev–Trinajstić information content (AvgIpc) is 3.02. The summed E-state index contributed by atoms with van der Waals surface area (Å²) in [6.45, 7) is -2.96. The molecule has 1 heterocycles. The summed E-state index contributed by atoms with van der Waals surface area (Å²) in [7, 11) is 0. The Morgan fingerprint density at radius 2 is 2.00 bits per heavy atom. The van der Waals surface area contributed by atoms with Gasteiger partial charge in [-0.1, -0.05) is 30.3 Å². The number of carbonyl (C=O) groups excluding carboxylic acids is 2. The molecule has 1 fully saturated rings. The number of thioether (sulfide) groups is 1. The molecule has 1 aliphatic heterocycles. The van der Waals surface area contributed by atoms with Crippen LogP contribution in [0, 0.1) is 0 Å². The van der Waals surface area contributed by atoms with Crippen molar-refractivity contribution in [2.24, 2.45) is 0 Å². The monoisotopic (exact) mass is 392 g/mol. The van der Waals surface area contributed by atoms with Gasteiger partial charge in [-0.3, -0.25) is 9.59 Å². The normalized spacial score (nSPS) is 13.9. The van der Waals surface area contributed by atoms with Crippen molar-refractivity contribution < 1.29 is 23.1 Å². The zero-order valence-corrected chi connectivity index (χ0v) is 15.2. The van der Waals surface area contributed by atoms with Gasteiger partial charge in [0.05, 0.1) is 11.6 Å². The van der Waals surface area contributed by atoms with E-state index in [1.807, 2.05) is 30.3 Å². The number of alkyl halides is 2. The Labute approximate surface area is 159 Å². The number of hydrogen-bond acceptors (Lipinski definition) is 4. The van der Waals surface area contributed by atoms with Gasteiger partial charge in [0, 0.05) is 17.7 Å². The second-order valence-corrected chi connectivity index (χ2v) is 6.94. The molecule has 0 spiro atoms. The van der Waals surface area contributed by atoms with Crippen LogP contribution in [-0.2, 0) is 16.0 Å². The molecule has 0 atom stereocenters. The molecule has 3 rings (SSSR count). The van der Waals surface area contributed by atoms with Crippen molar-refractivity contribution in [2.75, 3.05) is 23.5 Å². The lowest BCUT2D eigenvalue weighted by Crippen LogP contribution is -2.34. The number of anilines is 1. The molecule has 5 nitrogen and oxygen atoms in total. The van der Waals surface area contributed by atoms with E-state index in [2.05, 4.69) is 10.1 Å². The van der Waals surface area contributed by atoms with Crippen LogP contribution in [0.2, 0.25) is 0 Å². The van der Waals surface area contributed by atoms with E-state index in [1.54, 1.807) is 6.07 Å². The van der Waals surface area contributed by atoms with Crippen LogP contribution in [0.4, 0.5) is 14.5 Å². The zero-order chi connectivity index (χ0) is 19.2. The highest BCUT2D eigenvalue weighted by atomic mass is 32.2. The van der Waals surface area contributed by atoms with Gasteiger partial charge in [-0.25, -0.2) is 0 Å². The number of amides is 2. The second-order valence-electron chi connectivity index (χ2n) is 5.98. The van der Waals surface area contributed by atoms with Crippen LogP contribution in [0.3, 0.4) is 0 Å². The van der Waals surface area contributed by atoms with E-state index in [9.17, 15) is 18.4 Å². The number of halogens is 2. The van der Waals surface area contributed by atoms with Crippen molar-refractivity contribution in [2.45, 2.75) is 13.0 Å². The quantitative estimate of drug-likeness (QED) is 0.785. The van der Waals surface area contributed by atoms with Crippen LogP contribution in [0.1, 0.15) is 11.1 Å². The third-order valence-corrected chi connectivity index (χ3v) is 4.90. The number of hydrogen-bond donors (Lipinski definition) is 1. The van der Waals surface area contributed by atoms with Crippen LogP contribution < -0.4 is 10.1 Å². The molecule has 142 valence electrons. The summed E-state index contributed by atoms with van der Waals surface area (Å²) in [6.07, 6.45) is 0.383. The molecule has 0 saturated carbocycles. The van der Waals surface area contributed by atoms with Crippen LogP contribution in [-0.4, -0.2) is 41.5 Å². The van der Waals surface area contributed by atoms with Crippen LogP contribution in [0.5, 0.6) is 5.75 Å². The number of benzene rings is 2. The van der Waals surface area contributed by atoms with E-state index in [1.165, 1.54) is 28.8 Å². The van der Waals surface area contributed by atoms with Gasteiger partial charge in [0.15, 0.2) is 0 Å². The fourth-order valence-corrected chi connectivity index (χ4v) is 3.64. The molecular weight excluding hydrogens is 374 g/mol. The fourth-order valence-electron chi connectivity index (χ4n) is 2.74. The maximum atomic E-state index is 12.7. The third kappa shape index (κ3) is 5.43. The number of ether oxygens (including phenoxy) is 1. The van der Waals surface area contributed by atoms with Crippen LogP contribution in [0.25, 0.3) is 0 Å². The molecule has 0 aliphatic carbocycles. The van der Waals surface area contributed by atoms with E-state index < -0.39 is 6.61 Å². The molecule has 0 bridgehead atoms. The molecule has 27 heavy (non-hydrogen) atoms. The minimum atomic E-state index is -2.93. The van der Waals surface area contributed by atoms with Crippen LogP contribution in [0.15, 0.2) is 48.5 Å². The molecule has 8 heteroatoms. The highest BCUT2D eigenvalue weighted by Gasteiger charge is 2.23. The van der Waals surface area contributed by atoms with E-state index in [0.717, 1.165) is 5.56 Å². The summed E-state index contributed by atoms with van der Waals surface area (Å²) in [5, 5.41) is 2.71. The SMILES string of the molecule is O=C(CN1CSCC1=O)Nc1ccc(OC(F)F)c(Cc2ccccc2)c1. The number of nitrogens with zero attached hydrogens (tertiary/aromatic N) is 1. The van der Waals surface area contributed by atoms with Gasteiger partial charge in [0.25, 0.3) is 0 Å². The first-order valence-corrected chi connectivity index (χ1v) is 9.44. The van der Waals surface area contributed by atoms with E-state index in [4.69, 9.17) is 0 Å². The van der Waals surface area contributed by atoms with Crippen molar-refractivity contribution in [1.82, 2.24) is 4.90 Å². The topological polar surface area (TPSA) is 58.6 Å². The molecule has 2 aromatic rings. The average molecular weight is 392 g/mol. The smallest absolute Gasteiger partial charge is 0.387 e. The molecule has 0 radical (unpaired) electrons. The Bertz CT molecular complexity index is 818. The number of nitrogens with one attached hydrogen (secondary N) is 1. The Balaban J connectivity index is 1.74. The van der Waals surface area contributed by atoms with Gasteiger partial charge >= 0.3 is 6.61 Å². The largest absolute Gasteiger partial charge is 0.435 e. The predicted octanol–water partition coefficient (Wildman–Crippen LogP) is 3.35. The minimum Gasteiger partial charge on any atom is -0.435 e. The number of carbonyl (C=O) groups is 2. The summed E-state index contributed by atoms with van der Waals surface area (Å²) < 4.78 is 30.0. The standard InChI is InChI=1S/C19H18F2N2O3S/c20-19(21)26-16-7-6-15(9-14(16)8-13-4-2-1-3-5-13)22-17(24)10-23-12-27-11-18(23)25/h1-7,9,19H,8,10-12H2,(H,22,24).